The van der Waals surface area contributed by atoms with Crippen LogP contribution in [0.1, 0.15) is 39.2 Å². The van der Waals surface area contributed by atoms with Gasteiger partial charge in [0.2, 0.25) is 15.9 Å². The van der Waals surface area contributed by atoms with E-state index < -0.39 is 10.0 Å². The number of rotatable bonds is 8. The van der Waals surface area contributed by atoms with Crippen LogP contribution in [-0.4, -0.2) is 51.9 Å². The van der Waals surface area contributed by atoms with E-state index in [1.807, 2.05) is 6.07 Å². The Kier molecular flexibility index (Phi) is 6.59. The summed E-state index contributed by atoms with van der Waals surface area (Å²) in [5.74, 6) is -0.0597. The van der Waals surface area contributed by atoms with Crippen molar-refractivity contribution in [1.29, 1.82) is 0 Å². The summed E-state index contributed by atoms with van der Waals surface area (Å²) in [5, 5.41) is 0. The average molecular weight is 368 g/mol. The summed E-state index contributed by atoms with van der Waals surface area (Å²) in [6.45, 7) is 7.77. The van der Waals surface area contributed by atoms with Gasteiger partial charge in [0.1, 0.15) is 0 Å². The molecule has 0 bridgehead atoms. The van der Waals surface area contributed by atoms with Crippen LogP contribution in [-0.2, 0) is 21.2 Å². The second kappa shape index (κ2) is 8.29. The van der Waals surface area contributed by atoms with E-state index >= 15 is 0 Å². The molecule has 0 atom stereocenters. The van der Waals surface area contributed by atoms with Crippen LogP contribution in [0.25, 0.3) is 0 Å². The smallest absolute Gasteiger partial charge is 0.240 e. The molecule has 0 unspecified atom stereocenters. The lowest BCUT2D eigenvalue weighted by molar-refractivity contribution is -0.116. The van der Waals surface area contributed by atoms with Crippen LogP contribution in [0.3, 0.4) is 0 Å². The van der Waals surface area contributed by atoms with Gasteiger partial charge in [-0.15, -0.1) is 0 Å². The fraction of sp³-hybridized carbons (Fsp3) is 0.611. The molecule has 7 heteroatoms. The Morgan fingerprint density at radius 3 is 2.68 bits per heavy atom. The molecule has 0 aromatic heterocycles. The highest BCUT2D eigenvalue weighted by molar-refractivity contribution is 7.89. The first-order valence-electron chi connectivity index (χ1n) is 8.83. The first-order valence-corrected chi connectivity index (χ1v) is 10.3. The molecule has 2 rings (SSSR count). The van der Waals surface area contributed by atoms with Crippen molar-refractivity contribution in [2.24, 2.45) is 0 Å². The quantitative estimate of drug-likeness (QED) is 0.714. The second-order valence-corrected chi connectivity index (χ2v) is 8.66. The molecule has 1 heterocycles. The van der Waals surface area contributed by atoms with Gasteiger partial charge in [0, 0.05) is 31.7 Å². The van der Waals surface area contributed by atoms with Gasteiger partial charge in [-0.1, -0.05) is 6.07 Å². The van der Waals surface area contributed by atoms with E-state index in [1.54, 1.807) is 17.0 Å². The molecule has 0 saturated carbocycles. The minimum atomic E-state index is -3.55. The van der Waals surface area contributed by atoms with Gasteiger partial charge < -0.3 is 9.80 Å². The number of hydrogen-bond acceptors (Lipinski definition) is 4. The molecular weight excluding hydrogens is 338 g/mol. The predicted molar refractivity (Wildman–Crippen MR) is 100 cm³/mol. The maximum Gasteiger partial charge on any atom is 0.240 e. The number of sulfonamides is 1. The summed E-state index contributed by atoms with van der Waals surface area (Å²) in [4.78, 5) is 15.8. The van der Waals surface area contributed by atoms with Crippen LogP contribution in [0, 0.1) is 0 Å². The van der Waals surface area contributed by atoms with Crippen LogP contribution < -0.4 is 9.62 Å². The fourth-order valence-corrected chi connectivity index (χ4v) is 3.98. The van der Waals surface area contributed by atoms with E-state index in [-0.39, 0.29) is 10.8 Å². The summed E-state index contributed by atoms with van der Waals surface area (Å²) in [6.07, 6.45) is 2.51. The van der Waals surface area contributed by atoms with Crippen molar-refractivity contribution >= 4 is 21.6 Å². The van der Waals surface area contributed by atoms with Crippen LogP contribution >= 0.6 is 0 Å². The Morgan fingerprint density at radius 2 is 2.04 bits per heavy atom. The highest BCUT2D eigenvalue weighted by Gasteiger charge is 2.24. The van der Waals surface area contributed by atoms with E-state index in [0.717, 1.165) is 31.4 Å². The number of amides is 1. The van der Waals surface area contributed by atoms with E-state index in [9.17, 15) is 13.2 Å². The SMILES string of the molecule is CC(=O)N1CCc2ccc(S(=O)(=O)NCCCCN(C)C(C)C)cc21. The normalized spacial score (nSPS) is 14.4. The molecule has 0 saturated heterocycles. The van der Waals surface area contributed by atoms with Gasteiger partial charge in [-0.05, 0) is 64.4 Å². The number of nitrogens with zero attached hydrogens (tertiary/aromatic N) is 2. The van der Waals surface area contributed by atoms with E-state index in [4.69, 9.17) is 0 Å². The minimum Gasteiger partial charge on any atom is -0.312 e. The molecule has 1 amide bonds. The molecule has 1 aromatic rings. The first-order chi connectivity index (χ1) is 11.7. The average Bonchev–Trinajstić information content (AvgIpc) is 2.97. The Hall–Kier alpha value is -1.44. The highest BCUT2D eigenvalue weighted by Crippen LogP contribution is 2.30. The molecule has 140 valence electrons. The fourth-order valence-electron chi connectivity index (χ4n) is 2.89. The van der Waals surface area contributed by atoms with Crippen LogP contribution in [0.15, 0.2) is 23.1 Å². The third-order valence-corrected chi connectivity index (χ3v) is 6.21. The van der Waals surface area contributed by atoms with E-state index in [1.165, 1.54) is 6.92 Å². The summed E-state index contributed by atoms with van der Waals surface area (Å²) in [7, 11) is -1.48. The Labute approximate surface area is 151 Å². The van der Waals surface area contributed by atoms with Gasteiger partial charge in [-0.3, -0.25) is 4.79 Å². The standard InChI is InChI=1S/C18H29N3O3S/c1-14(2)20(4)11-6-5-10-19-25(23,24)17-8-7-16-9-12-21(15(3)22)18(16)13-17/h7-8,13-14,19H,5-6,9-12H2,1-4H3. The lowest BCUT2D eigenvalue weighted by Gasteiger charge is -2.20. The Balaban J connectivity index is 1.94. The molecule has 1 aromatic carbocycles. The molecule has 1 aliphatic rings. The van der Waals surface area contributed by atoms with Gasteiger partial charge in [0.05, 0.1) is 4.90 Å². The Bertz CT molecular complexity index is 716. The summed E-state index contributed by atoms with van der Waals surface area (Å²) in [5.41, 5.74) is 1.74. The van der Waals surface area contributed by atoms with Gasteiger partial charge in [-0.25, -0.2) is 13.1 Å². The summed E-state index contributed by atoms with van der Waals surface area (Å²) >= 11 is 0. The molecule has 0 spiro atoms. The zero-order valence-corrected chi connectivity index (χ0v) is 16.4. The van der Waals surface area contributed by atoms with E-state index in [0.29, 0.717) is 24.8 Å². The largest absolute Gasteiger partial charge is 0.312 e. The number of nitrogens with one attached hydrogen (secondary N) is 1. The second-order valence-electron chi connectivity index (χ2n) is 6.89. The Morgan fingerprint density at radius 1 is 1.32 bits per heavy atom. The molecule has 0 fully saturated rings. The number of unbranched alkanes of at least 4 members (excludes halogenated alkanes) is 1. The van der Waals surface area contributed by atoms with Gasteiger partial charge in [-0.2, -0.15) is 0 Å². The van der Waals surface area contributed by atoms with Crippen molar-refractivity contribution < 1.29 is 13.2 Å². The lowest BCUT2D eigenvalue weighted by atomic mass is 10.2. The molecular formula is C18H29N3O3S. The zero-order chi connectivity index (χ0) is 18.6. The number of hydrogen-bond donors (Lipinski definition) is 1. The molecule has 0 aliphatic carbocycles. The predicted octanol–water partition coefficient (Wildman–Crippen LogP) is 1.99. The van der Waals surface area contributed by atoms with Crippen molar-refractivity contribution in [3.8, 4) is 0 Å². The van der Waals surface area contributed by atoms with E-state index in [2.05, 4.69) is 30.5 Å². The summed E-state index contributed by atoms with van der Waals surface area (Å²) < 4.78 is 27.6. The number of benzene rings is 1. The highest BCUT2D eigenvalue weighted by atomic mass is 32.2. The van der Waals surface area contributed by atoms with Crippen LogP contribution in [0.5, 0.6) is 0 Å². The molecule has 6 nitrogen and oxygen atoms in total. The topological polar surface area (TPSA) is 69.7 Å². The number of fused-ring (bicyclic) bond motifs is 1. The molecule has 1 aliphatic heterocycles. The lowest BCUT2D eigenvalue weighted by Crippen LogP contribution is -2.29. The number of carbonyl (C=O) groups is 1. The monoisotopic (exact) mass is 367 g/mol. The third kappa shape index (κ3) is 5.03. The van der Waals surface area contributed by atoms with Gasteiger partial charge in [0.25, 0.3) is 0 Å². The van der Waals surface area contributed by atoms with Crippen molar-refractivity contribution in [3.63, 3.8) is 0 Å². The molecule has 1 N–H and O–H groups in total. The van der Waals surface area contributed by atoms with Crippen molar-refractivity contribution in [2.75, 3.05) is 31.6 Å². The number of anilines is 1. The number of carbonyl (C=O) groups excluding carboxylic acids is 1. The first kappa shape index (κ1) is 19.9. The van der Waals surface area contributed by atoms with Crippen molar-refractivity contribution in [3.05, 3.63) is 23.8 Å². The maximum absolute atomic E-state index is 12.5. The molecule has 0 radical (unpaired) electrons. The minimum absolute atomic E-state index is 0.0597. The maximum atomic E-state index is 12.5. The van der Waals surface area contributed by atoms with Crippen molar-refractivity contribution in [1.82, 2.24) is 9.62 Å². The van der Waals surface area contributed by atoms with Crippen molar-refractivity contribution in [2.45, 2.75) is 51.0 Å². The summed E-state index contributed by atoms with van der Waals surface area (Å²) in [6, 6.07) is 5.53. The van der Waals surface area contributed by atoms with Gasteiger partial charge >= 0.3 is 0 Å². The zero-order valence-electron chi connectivity index (χ0n) is 15.6. The molecule has 25 heavy (non-hydrogen) atoms. The third-order valence-electron chi connectivity index (χ3n) is 4.75. The van der Waals surface area contributed by atoms with Crippen LogP contribution in [0.4, 0.5) is 5.69 Å². The van der Waals surface area contributed by atoms with Crippen LogP contribution in [0.2, 0.25) is 0 Å². The van der Waals surface area contributed by atoms with Gasteiger partial charge in [0.15, 0.2) is 0 Å².